The smallest absolute Gasteiger partial charge is 0.165 e. The molecule has 2 nitrogen and oxygen atoms in total. The monoisotopic (exact) mass is 328 g/mol. The summed E-state index contributed by atoms with van der Waals surface area (Å²) in [5, 5.41) is 0.249. The summed E-state index contributed by atoms with van der Waals surface area (Å²) in [5.74, 6) is -0.141. The Hall–Kier alpha value is -1.39. The van der Waals surface area contributed by atoms with Gasteiger partial charge in [0, 0.05) is 10.0 Å². The van der Waals surface area contributed by atoms with Crippen molar-refractivity contribution in [3.63, 3.8) is 0 Å². The van der Waals surface area contributed by atoms with E-state index in [0.717, 1.165) is 0 Å². The summed E-state index contributed by atoms with van der Waals surface area (Å²) < 4.78 is 19.5. The van der Waals surface area contributed by atoms with E-state index in [-0.39, 0.29) is 10.8 Å². The molecule has 92 valence electrons. The molecule has 0 unspecified atom stereocenters. The van der Waals surface area contributed by atoms with Crippen LogP contribution in [0, 0.1) is 5.82 Å². The normalized spacial score (nSPS) is 10.2. The lowest BCUT2D eigenvalue weighted by Gasteiger charge is -2.09. The standard InChI is InChI=1S/C13H7BrClFO2/c14-9-2-3-11(16)13(6-9)18-12-4-1-8(7-17)5-10(12)15/h1-7H. The van der Waals surface area contributed by atoms with Gasteiger partial charge in [0.2, 0.25) is 0 Å². The predicted molar refractivity (Wildman–Crippen MR) is 71.0 cm³/mol. The maximum Gasteiger partial charge on any atom is 0.165 e. The first-order valence-corrected chi connectivity index (χ1v) is 6.15. The highest BCUT2D eigenvalue weighted by Crippen LogP contribution is 2.32. The van der Waals surface area contributed by atoms with Gasteiger partial charge in [-0.15, -0.1) is 0 Å². The van der Waals surface area contributed by atoms with Crippen LogP contribution < -0.4 is 4.74 Å². The number of rotatable bonds is 3. The van der Waals surface area contributed by atoms with Crippen molar-refractivity contribution in [3.8, 4) is 11.5 Å². The molecule has 5 heteroatoms. The zero-order valence-electron chi connectivity index (χ0n) is 8.99. The van der Waals surface area contributed by atoms with Crippen LogP contribution in [0.25, 0.3) is 0 Å². The molecule has 0 aliphatic rings. The second-order valence-corrected chi connectivity index (χ2v) is 4.81. The van der Waals surface area contributed by atoms with Gasteiger partial charge in [-0.25, -0.2) is 4.39 Å². The van der Waals surface area contributed by atoms with E-state index in [4.69, 9.17) is 16.3 Å². The number of benzene rings is 2. The van der Waals surface area contributed by atoms with Gasteiger partial charge in [-0.2, -0.15) is 0 Å². The fourth-order valence-electron chi connectivity index (χ4n) is 1.35. The second-order valence-electron chi connectivity index (χ2n) is 3.48. The van der Waals surface area contributed by atoms with Gasteiger partial charge >= 0.3 is 0 Å². The Morgan fingerprint density at radius 1 is 1.17 bits per heavy atom. The van der Waals surface area contributed by atoms with E-state index in [2.05, 4.69) is 15.9 Å². The van der Waals surface area contributed by atoms with Gasteiger partial charge in [0.25, 0.3) is 0 Å². The van der Waals surface area contributed by atoms with E-state index in [1.807, 2.05) is 0 Å². The molecule has 0 bridgehead atoms. The molecule has 0 radical (unpaired) electrons. The minimum absolute atomic E-state index is 0.0603. The summed E-state index contributed by atoms with van der Waals surface area (Å²) >= 11 is 9.16. The van der Waals surface area contributed by atoms with Gasteiger partial charge in [0.1, 0.15) is 12.0 Å². The summed E-state index contributed by atoms with van der Waals surface area (Å²) in [6, 6.07) is 8.88. The van der Waals surface area contributed by atoms with Crippen LogP contribution in [0.15, 0.2) is 40.9 Å². The van der Waals surface area contributed by atoms with Crippen LogP contribution in [-0.4, -0.2) is 6.29 Å². The van der Waals surface area contributed by atoms with Crippen molar-refractivity contribution >= 4 is 33.8 Å². The Labute approximate surface area is 116 Å². The molecule has 0 fully saturated rings. The maximum atomic E-state index is 13.5. The fraction of sp³-hybridized carbons (Fsp3) is 0. The van der Waals surface area contributed by atoms with Gasteiger partial charge < -0.3 is 4.74 Å². The largest absolute Gasteiger partial charge is 0.453 e. The van der Waals surface area contributed by atoms with Crippen LogP contribution in [0.1, 0.15) is 10.4 Å². The molecule has 2 rings (SSSR count). The summed E-state index contributed by atoms with van der Waals surface area (Å²) in [7, 11) is 0. The zero-order chi connectivity index (χ0) is 13.1. The SMILES string of the molecule is O=Cc1ccc(Oc2cc(Br)ccc2F)c(Cl)c1. The summed E-state index contributed by atoms with van der Waals surface area (Å²) in [6.07, 6.45) is 0.676. The van der Waals surface area contributed by atoms with Crippen LogP contribution in [0.4, 0.5) is 4.39 Å². The van der Waals surface area contributed by atoms with Crippen molar-refractivity contribution < 1.29 is 13.9 Å². The van der Waals surface area contributed by atoms with Crippen molar-refractivity contribution in [2.75, 3.05) is 0 Å². The number of carbonyl (C=O) groups excluding carboxylic acids is 1. The van der Waals surface area contributed by atoms with Gasteiger partial charge in [0.05, 0.1) is 5.02 Å². The quantitative estimate of drug-likeness (QED) is 0.753. The molecule has 0 aliphatic heterocycles. The van der Waals surface area contributed by atoms with Crippen molar-refractivity contribution in [1.82, 2.24) is 0 Å². The van der Waals surface area contributed by atoms with Gasteiger partial charge in [0.15, 0.2) is 11.6 Å². The molecular formula is C13H7BrClFO2. The molecule has 0 saturated carbocycles. The molecule has 0 saturated heterocycles. The van der Waals surface area contributed by atoms with Gasteiger partial charge in [-0.1, -0.05) is 27.5 Å². The zero-order valence-corrected chi connectivity index (χ0v) is 11.3. The summed E-state index contributed by atoms with van der Waals surface area (Å²) in [5.41, 5.74) is 0.432. The van der Waals surface area contributed by atoms with Crippen LogP contribution >= 0.6 is 27.5 Å². The highest BCUT2D eigenvalue weighted by Gasteiger charge is 2.08. The number of halogens is 3. The molecular weight excluding hydrogens is 322 g/mol. The van der Waals surface area contributed by atoms with Crippen molar-refractivity contribution in [1.29, 1.82) is 0 Å². The van der Waals surface area contributed by atoms with Crippen molar-refractivity contribution in [3.05, 3.63) is 57.3 Å². The summed E-state index contributed by atoms with van der Waals surface area (Å²) in [4.78, 5) is 10.6. The average Bonchev–Trinajstić information content (AvgIpc) is 2.36. The molecule has 0 spiro atoms. The summed E-state index contributed by atoms with van der Waals surface area (Å²) in [6.45, 7) is 0. The van der Waals surface area contributed by atoms with Gasteiger partial charge in [-0.05, 0) is 36.4 Å². The van der Waals surface area contributed by atoms with Crippen molar-refractivity contribution in [2.45, 2.75) is 0 Å². The van der Waals surface area contributed by atoms with E-state index in [9.17, 15) is 9.18 Å². The van der Waals surface area contributed by atoms with E-state index >= 15 is 0 Å². The van der Waals surface area contributed by atoms with Crippen LogP contribution in [0.5, 0.6) is 11.5 Å². The molecule has 2 aromatic rings. The molecule has 0 amide bonds. The third-order valence-corrected chi connectivity index (χ3v) is 2.99. The lowest BCUT2D eigenvalue weighted by molar-refractivity contribution is 0.112. The second kappa shape index (κ2) is 5.50. The molecule has 0 N–H and O–H groups in total. The lowest BCUT2D eigenvalue weighted by Crippen LogP contribution is -1.90. The third-order valence-electron chi connectivity index (χ3n) is 2.21. The number of ether oxygens (including phenoxy) is 1. The third kappa shape index (κ3) is 2.89. The maximum absolute atomic E-state index is 13.5. The Morgan fingerprint density at radius 2 is 1.94 bits per heavy atom. The fourth-order valence-corrected chi connectivity index (χ4v) is 1.91. The molecule has 2 aromatic carbocycles. The molecule has 0 heterocycles. The van der Waals surface area contributed by atoms with Gasteiger partial charge in [-0.3, -0.25) is 4.79 Å². The first kappa shape index (κ1) is 13.1. The Morgan fingerprint density at radius 3 is 2.61 bits per heavy atom. The molecule has 18 heavy (non-hydrogen) atoms. The number of aldehydes is 1. The first-order chi connectivity index (χ1) is 8.60. The van der Waals surface area contributed by atoms with E-state index in [1.165, 1.54) is 24.3 Å². The van der Waals surface area contributed by atoms with Crippen LogP contribution in [0.3, 0.4) is 0 Å². The minimum atomic E-state index is -0.492. The predicted octanol–water partition coefficient (Wildman–Crippen LogP) is 4.85. The van der Waals surface area contributed by atoms with E-state index in [0.29, 0.717) is 22.1 Å². The number of carbonyl (C=O) groups is 1. The first-order valence-electron chi connectivity index (χ1n) is 4.98. The number of hydrogen-bond acceptors (Lipinski definition) is 2. The number of hydrogen-bond donors (Lipinski definition) is 0. The Bertz CT molecular complexity index is 602. The molecule has 0 aromatic heterocycles. The van der Waals surface area contributed by atoms with E-state index in [1.54, 1.807) is 12.1 Å². The minimum Gasteiger partial charge on any atom is -0.453 e. The van der Waals surface area contributed by atoms with Crippen LogP contribution in [0.2, 0.25) is 5.02 Å². The highest BCUT2D eigenvalue weighted by molar-refractivity contribution is 9.10. The Kier molecular flexibility index (Phi) is 3.99. The lowest BCUT2D eigenvalue weighted by atomic mass is 10.2. The highest BCUT2D eigenvalue weighted by atomic mass is 79.9. The molecule has 0 atom stereocenters. The van der Waals surface area contributed by atoms with Crippen LogP contribution in [-0.2, 0) is 0 Å². The topological polar surface area (TPSA) is 26.3 Å². The van der Waals surface area contributed by atoms with Crippen molar-refractivity contribution in [2.24, 2.45) is 0 Å². The van der Waals surface area contributed by atoms with E-state index < -0.39 is 5.82 Å². The Balaban J connectivity index is 2.34. The molecule has 0 aliphatic carbocycles. The average molecular weight is 330 g/mol.